The third-order valence-electron chi connectivity index (χ3n) is 5.66. The van der Waals surface area contributed by atoms with Gasteiger partial charge in [-0.25, -0.2) is 24.5 Å². The second-order valence-electron chi connectivity index (χ2n) is 8.28. The van der Waals surface area contributed by atoms with Crippen molar-refractivity contribution in [3.05, 3.63) is 69.1 Å². The summed E-state index contributed by atoms with van der Waals surface area (Å²) in [6.07, 6.45) is -8.00. The van der Waals surface area contributed by atoms with Crippen LogP contribution in [0.2, 0.25) is 0 Å². The number of amides is 1. The lowest BCUT2D eigenvalue weighted by atomic mass is 9.94. The quantitative estimate of drug-likeness (QED) is 0.228. The maximum Gasteiger partial charge on any atom is 0.435 e. The summed E-state index contributed by atoms with van der Waals surface area (Å²) in [5.41, 5.74) is -3.80. The van der Waals surface area contributed by atoms with E-state index in [0.29, 0.717) is 24.4 Å². The van der Waals surface area contributed by atoms with Crippen molar-refractivity contribution in [2.45, 2.75) is 30.9 Å². The first-order chi connectivity index (χ1) is 17.2. The Bertz CT molecular complexity index is 1240. The van der Waals surface area contributed by atoms with E-state index in [0.717, 1.165) is 17.9 Å². The molecule has 1 aliphatic rings. The Morgan fingerprint density at radius 3 is 2.03 bits per heavy atom. The minimum atomic E-state index is -6.28. The Hall–Kier alpha value is -2.52. The molecule has 0 atom stereocenters. The van der Waals surface area contributed by atoms with Crippen LogP contribution < -0.4 is 10.4 Å². The lowest BCUT2D eigenvalue weighted by Gasteiger charge is -2.32. The van der Waals surface area contributed by atoms with Crippen LogP contribution in [-0.4, -0.2) is 39.6 Å². The number of rotatable bonds is 7. The highest BCUT2D eigenvalue weighted by atomic mass is 79.9. The van der Waals surface area contributed by atoms with Gasteiger partial charge in [-0.1, -0.05) is 0 Å². The molecule has 0 saturated heterocycles. The Morgan fingerprint density at radius 1 is 1.00 bits per heavy atom. The molecule has 37 heavy (non-hydrogen) atoms. The number of aromatic nitrogens is 3. The molecular weight excluding hydrogens is 643 g/mol. The molecule has 1 fully saturated rings. The van der Waals surface area contributed by atoms with Gasteiger partial charge in [-0.15, -0.1) is 0 Å². The minimum Gasteiger partial charge on any atom is -0.267 e. The average molecular weight is 659 g/mol. The number of carbonyl (C=O) groups excluding carboxylic acids is 1. The summed E-state index contributed by atoms with van der Waals surface area (Å²) >= 11 is 5.88. The molecule has 3 aromatic rings. The zero-order valence-electron chi connectivity index (χ0n) is 18.4. The number of nitrogens with one attached hydrogen (secondary N) is 1. The van der Waals surface area contributed by atoms with E-state index in [1.54, 1.807) is 12.1 Å². The van der Waals surface area contributed by atoms with E-state index in [-0.39, 0.29) is 26.1 Å². The molecule has 1 heterocycles. The molecule has 15 heteroatoms. The van der Waals surface area contributed by atoms with Gasteiger partial charge in [0.15, 0.2) is 0 Å². The first-order valence-electron chi connectivity index (χ1n) is 10.6. The largest absolute Gasteiger partial charge is 0.435 e. The molecule has 0 unspecified atom stereocenters. The summed E-state index contributed by atoms with van der Waals surface area (Å²) < 4.78 is 95.2. The molecule has 0 radical (unpaired) electrons. The van der Waals surface area contributed by atoms with Crippen molar-refractivity contribution < 1.29 is 35.5 Å². The molecule has 1 aromatic heterocycles. The van der Waals surface area contributed by atoms with Crippen LogP contribution >= 0.6 is 31.9 Å². The molecule has 1 aliphatic carbocycles. The van der Waals surface area contributed by atoms with Crippen molar-refractivity contribution in [2.24, 2.45) is 5.92 Å². The normalized spacial score (nSPS) is 14.6. The summed E-state index contributed by atoms with van der Waals surface area (Å²) in [4.78, 5) is 17.3. The predicted molar refractivity (Wildman–Crippen MR) is 126 cm³/mol. The van der Waals surface area contributed by atoms with Gasteiger partial charge in [0, 0.05) is 26.6 Å². The molecule has 2 aromatic carbocycles. The summed E-state index contributed by atoms with van der Waals surface area (Å²) in [5, 5.41) is 4.98. The third-order valence-corrected chi connectivity index (χ3v) is 6.86. The topological polar surface area (TPSA) is 63.1 Å². The number of halogens is 9. The van der Waals surface area contributed by atoms with E-state index >= 15 is 0 Å². The van der Waals surface area contributed by atoms with E-state index in [2.05, 4.69) is 47.4 Å². The van der Waals surface area contributed by atoms with Crippen LogP contribution in [0.3, 0.4) is 0 Å². The molecule has 1 saturated carbocycles. The van der Waals surface area contributed by atoms with Crippen LogP contribution in [-0.2, 0) is 5.67 Å². The van der Waals surface area contributed by atoms with Gasteiger partial charge in [0.05, 0.1) is 11.4 Å². The van der Waals surface area contributed by atoms with Gasteiger partial charge in [0.2, 0.25) is 0 Å². The second kappa shape index (κ2) is 9.98. The van der Waals surface area contributed by atoms with Crippen LogP contribution in [0.4, 0.5) is 36.4 Å². The number of hydrogen-bond acceptors (Lipinski definition) is 4. The van der Waals surface area contributed by atoms with Crippen molar-refractivity contribution in [2.75, 3.05) is 11.6 Å². The molecular formula is C22H16Br2F7N5O. The van der Waals surface area contributed by atoms with Crippen LogP contribution in [0.5, 0.6) is 0 Å². The fourth-order valence-electron chi connectivity index (χ4n) is 3.49. The number of hydrazine groups is 1. The number of hydrogen-bond donors (Lipinski definition) is 1. The molecule has 198 valence electrons. The van der Waals surface area contributed by atoms with Gasteiger partial charge in [-0.2, -0.15) is 31.4 Å². The van der Waals surface area contributed by atoms with Crippen molar-refractivity contribution in [1.82, 2.24) is 20.2 Å². The highest BCUT2D eigenvalue weighted by Crippen LogP contribution is 2.54. The summed E-state index contributed by atoms with van der Waals surface area (Å²) in [6, 6.07) is 6.85. The van der Waals surface area contributed by atoms with Crippen LogP contribution in [0.1, 0.15) is 28.8 Å². The molecule has 1 amide bonds. The van der Waals surface area contributed by atoms with E-state index in [9.17, 15) is 35.5 Å². The fourth-order valence-corrected chi connectivity index (χ4v) is 5.03. The van der Waals surface area contributed by atoms with Gasteiger partial charge in [-0.05, 0) is 87.0 Å². The summed E-state index contributed by atoms with van der Waals surface area (Å²) in [7, 11) is 0. The lowest BCUT2D eigenvalue weighted by molar-refractivity contribution is -0.348. The first-order valence-corrected chi connectivity index (χ1v) is 12.2. The number of benzene rings is 2. The Balaban J connectivity index is 1.74. The van der Waals surface area contributed by atoms with Gasteiger partial charge < -0.3 is 0 Å². The number of alkyl halides is 7. The van der Waals surface area contributed by atoms with Crippen molar-refractivity contribution in [3.63, 3.8) is 0 Å². The zero-order chi connectivity index (χ0) is 27.2. The summed E-state index contributed by atoms with van der Waals surface area (Å²) in [6.45, 7) is 0.321. The van der Waals surface area contributed by atoms with E-state index in [4.69, 9.17) is 0 Å². The third kappa shape index (κ3) is 5.39. The Morgan fingerprint density at radius 2 is 1.57 bits per heavy atom. The molecule has 1 N–H and O–H groups in total. The molecule has 0 bridgehead atoms. The number of nitrogens with zero attached hydrogens (tertiary/aromatic N) is 4. The van der Waals surface area contributed by atoms with Crippen LogP contribution in [0.25, 0.3) is 5.69 Å². The predicted octanol–water partition coefficient (Wildman–Crippen LogP) is 6.64. The van der Waals surface area contributed by atoms with Gasteiger partial charge in [0.25, 0.3) is 5.91 Å². The van der Waals surface area contributed by atoms with E-state index in [1.807, 2.05) is 0 Å². The molecule has 6 nitrogen and oxygen atoms in total. The maximum absolute atomic E-state index is 14.7. The van der Waals surface area contributed by atoms with E-state index < -0.39 is 29.5 Å². The summed E-state index contributed by atoms with van der Waals surface area (Å²) in [5.74, 6) is -0.408. The minimum absolute atomic E-state index is 0.124. The SMILES string of the molecule is O=C(c1ccc(-n2cncn2)cc1)N(NCC1CC1)c1c(Br)cc(C(F)(C(F)(F)F)C(F)(F)F)cc1Br. The fraction of sp³-hybridized carbons (Fsp3) is 0.318. The highest BCUT2D eigenvalue weighted by molar-refractivity contribution is 9.11. The Labute approximate surface area is 222 Å². The first kappa shape index (κ1) is 27.5. The molecule has 4 rings (SSSR count). The second-order valence-corrected chi connectivity index (χ2v) is 9.98. The molecule has 0 aliphatic heterocycles. The number of anilines is 1. The monoisotopic (exact) mass is 657 g/mol. The van der Waals surface area contributed by atoms with Crippen molar-refractivity contribution in [1.29, 1.82) is 0 Å². The smallest absolute Gasteiger partial charge is 0.267 e. The van der Waals surface area contributed by atoms with Crippen LogP contribution in [0, 0.1) is 5.92 Å². The molecule has 0 spiro atoms. The van der Waals surface area contributed by atoms with Gasteiger partial charge in [0.1, 0.15) is 12.7 Å². The highest BCUT2D eigenvalue weighted by Gasteiger charge is 2.73. The zero-order valence-corrected chi connectivity index (χ0v) is 21.6. The van der Waals surface area contributed by atoms with Crippen LogP contribution in [0.15, 0.2) is 58.0 Å². The lowest BCUT2D eigenvalue weighted by Crippen LogP contribution is -2.50. The van der Waals surface area contributed by atoms with Crippen molar-refractivity contribution in [3.8, 4) is 5.69 Å². The number of carbonyl (C=O) groups is 1. The average Bonchev–Trinajstić information content (AvgIpc) is 3.48. The Kier molecular flexibility index (Phi) is 7.42. The van der Waals surface area contributed by atoms with E-state index in [1.165, 1.54) is 29.5 Å². The van der Waals surface area contributed by atoms with Gasteiger partial charge >= 0.3 is 18.0 Å². The standard InChI is InChI=1S/C22H16Br2F7N5O/c23-16-7-14(20(25,21(26,27)28)22(29,30)31)8-17(24)18(16)36(33-9-12-1-2-12)19(37)13-3-5-15(6-4-13)35-11-32-10-34-35/h3-8,10-12,33H,1-2,9H2. The maximum atomic E-state index is 14.7. The van der Waals surface area contributed by atoms with Gasteiger partial charge in [-0.3, -0.25) is 4.79 Å². The van der Waals surface area contributed by atoms with Crippen molar-refractivity contribution >= 4 is 43.5 Å².